The summed E-state index contributed by atoms with van der Waals surface area (Å²) in [5.74, 6) is 1.09. The van der Waals surface area contributed by atoms with E-state index in [1.165, 1.54) is 0 Å². The zero-order valence-corrected chi connectivity index (χ0v) is 23.3. The van der Waals surface area contributed by atoms with Gasteiger partial charge < -0.3 is 16.9 Å². The standard InChI is InChI=1S/C26H16Cl4N2O2.CH3.Ni/c1-33-14-9-18(27)25(19(28)10-14)31-23-16-7-3-5-13-6-4-8-17(22(13)16)24(23)32-26-20(29)11-15(34-2)12-21(26)30;;/h3-12H,1-2H3;1H3;/q;-1;. The van der Waals surface area contributed by atoms with Crippen molar-refractivity contribution in [3.05, 3.63) is 99.3 Å². The number of rotatable bonds is 4. The van der Waals surface area contributed by atoms with E-state index in [9.17, 15) is 0 Å². The van der Waals surface area contributed by atoms with Crippen LogP contribution in [0.3, 0.4) is 0 Å². The van der Waals surface area contributed by atoms with E-state index in [1.807, 2.05) is 36.4 Å². The van der Waals surface area contributed by atoms with Crippen molar-refractivity contribution in [1.29, 1.82) is 0 Å². The van der Waals surface area contributed by atoms with Crippen LogP contribution in [-0.4, -0.2) is 25.6 Å². The molecule has 0 aromatic heterocycles. The third-order valence-electron chi connectivity index (χ3n) is 5.54. The van der Waals surface area contributed by atoms with E-state index >= 15 is 0 Å². The SMILES string of the molecule is COc1cc(Cl)c(N=C2C(=Nc3c(Cl)cc(OC)cc3Cl)c3cccc4cccc2c34)c(Cl)c1.[CH3-].[Ni]. The number of halogens is 4. The summed E-state index contributed by atoms with van der Waals surface area (Å²) in [4.78, 5) is 9.80. The average molecular weight is 604 g/mol. The van der Waals surface area contributed by atoms with Gasteiger partial charge >= 0.3 is 0 Å². The van der Waals surface area contributed by atoms with Gasteiger partial charge in [-0.05, 0) is 5.39 Å². The van der Waals surface area contributed by atoms with Crippen LogP contribution in [0.4, 0.5) is 11.4 Å². The molecule has 0 N–H and O–H groups in total. The monoisotopic (exact) mass is 601 g/mol. The van der Waals surface area contributed by atoms with Gasteiger partial charge in [0.2, 0.25) is 0 Å². The second-order valence-electron chi connectivity index (χ2n) is 7.51. The van der Waals surface area contributed by atoms with E-state index in [-0.39, 0.29) is 23.9 Å². The minimum Gasteiger partial charge on any atom is -0.497 e. The van der Waals surface area contributed by atoms with Crippen LogP contribution in [0, 0.1) is 7.43 Å². The second kappa shape index (κ2) is 11.4. The molecule has 0 aliphatic heterocycles. The van der Waals surface area contributed by atoms with Gasteiger partial charge in [-0.1, -0.05) is 82.8 Å². The average Bonchev–Trinajstić information content (AvgIpc) is 3.12. The van der Waals surface area contributed by atoms with Gasteiger partial charge in [0.1, 0.15) is 22.9 Å². The summed E-state index contributed by atoms with van der Waals surface area (Å²) in [6, 6.07) is 18.7. The third kappa shape index (κ3) is 4.96. The van der Waals surface area contributed by atoms with E-state index < -0.39 is 0 Å². The first-order valence-corrected chi connectivity index (χ1v) is 11.7. The number of nitrogens with zero attached hydrogens (tertiary/aromatic N) is 2. The fourth-order valence-corrected chi connectivity index (χ4v) is 5.08. The zero-order chi connectivity index (χ0) is 24.0. The molecule has 0 atom stereocenters. The summed E-state index contributed by atoms with van der Waals surface area (Å²) in [5, 5.41) is 3.54. The normalized spacial score (nSPS) is 14.1. The van der Waals surface area contributed by atoms with Crippen LogP contribution in [0.2, 0.25) is 20.1 Å². The quantitative estimate of drug-likeness (QED) is 0.172. The smallest absolute Gasteiger partial charge is 0.121 e. The Balaban J connectivity index is 0.00000180. The number of hydrogen-bond donors (Lipinski definition) is 0. The zero-order valence-electron chi connectivity index (χ0n) is 19.3. The predicted octanol–water partition coefficient (Wildman–Crippen LogP) is 9.17. The van der Waals surface area contributed by atoms with E-state index in [0.29, 0.717) is 54.4 Å². The first kappa shape index (κ1) is 28.3. The molecule has 0 saturated carbocycles. The summed E-state index contributed by atoms with van der Waals surface area (Å²) in [7, 11) is 3.10. The number of ether oxygens (including phenoxy) is 2. The molecule has 4 aromatic carbocycles. The Morgan fingerprint density at radius 2 is 0.972 bits per heavy atom. The summed E-state index contributed by atoms with van der Waals surface area (Å²) >= 11 is 26.1. The fourth-order valence-electron chi connectivity index (χ4n) is 3.97. The molecule has 4 nitrogen and oxygen atoms in total. The van der Waals surface area contributed by atoms with Crippen LogP contribution in [-0.2, 0) is 16.5 Å². The van der Waals surface area contributed by atoms with E-state index in [4.69, 9.17) is 65.9 Å². The minimum atomic E-state index is 0. The van der Waals surface area contributed by atoms with Crippen molar-refractivity contribution in [3.8, 4) is 11.5 Å². The van der Waals surface area contributed by atoms with Crippen molar-refractivity contribution < 1.29 is 26.0 Å². The Morgan fingerprint density at radius 1 is 0.611 bits per heavy atom. The Hall–Kier alpha value is -2.27. The van der Waals surface area contributed by atoms with Crippen molar-refractivity contribution in [1.82, 2.24) is 0 Å². The molecule has 0 saturated heterocycles. The van der Waals surface area contributed by atoms with Crippen molar-refractivity contribution in [3.63, 3.8) is 0 Å². The Labute approximate surface area is 239 Å². The number of aliphatic imine (C=N–C) groups is 2. The van der Waals surface area contributed by atoms with Crippen LogP contribution in [0.1, 0.15) is 11.1 Å². The van der Waals surface area contributed by atoms with E-state index in [2.05, 4.69) is 0 Å². The Bertz CT molecular complexity index is 1380. The predicted molar refractivity (Wildman–Crippen MR) is 149 cm³/mol. The van der Waals surface area contributed by atoms with Gasteiger partial charge in [-0.3, -0.25) is 0 Å². The maximum atomic E-state index is 6.53. The van der Waals surface area contributed by atoms with Gasteiger partial charge in [-0.15, -0.1) is 0 Å². The molecule has 1 aliphatic carbocycles. The molecule has 0 bridgehead atoms. The van der Waals surface area contributed by atoms with Crippen molar-refractivity contribution in [2.75, 3.05) is 14.2 Å². The number of methoxy groups -OCH3 is 2. The van der Waals surface area contributed by atoms with Crippen molar-refractivity contribution >= 4 is 80.0 Å². The molecular weight excluding hydrogens is 585 g/mol. The molecule has 4 aromatic rings. The Kier molecular flexibility index (Phi) is 8.98. The molecule has 36 heavy (non-hydrogen) atoms. The van der Waals surface area contributed by atoms with Crippen molar-refractivity contribution in [2.24, 2.45) is 9.98 Å². The molecule has 0 spiro atoms. The molecular formula is C27H19Cl4N2NiO2-. The van der Waals surface area contributed by atoms with Crippen LogP contribution in [0.25, 0.3) is 10.8 Å². The maximum Gasteiger partial charge on any atom is 0.121 e. The first-order chi connectivity index (χ1) is 16.4. The van der Waals surface area contributed by atoms with E-state index in [1.54, 1.807) is 38.5 Å². The third-order valence-corrected chi connectivity index (χ3v) is 6.69. The molecule has 0 radical (unpaired) electrons. The molecule has 188 valence electrons. The summed E-state index contributed by atoms with van der Waals surface area (Å²) < 4.78 is 10.5. The summed E-state index contributed by atoms with van der Waals surface area (Å²) in [6.45, 7) is 0. The van der Waals surface area contributed by atoms with Gasteiger partial charge in [0.15, 0.2) is 0 Å². The first-order valence-electron chi connectivity index (χ1n) is 10.2. The summed E-state index contributed by atoms with van der Waals surface area (Å²) in [5.41, 5.74) is 3.89. The van der Waals surface area contributed by atoms with Gasteiger partial charge in [0.25, 0.3) is 0 Å². The van der Waals surface area contributed by atoms with Crippen LogP contribution >= 0.6 is 46.4 Å². The molecule has 1 aliphatic rings. The summed E-state index contributed by atoms with van der Waals surface area (Å²) in [6.07, 6.45) is 0. The van der Waals surface area contributed by atoms with Gasteiger partial charge in [0.05, 0.1) is 45.7 Å². The van der Waals surface area contributed by atoms with Gasteiger partial charge in [-0.2, -0.15) is 0 Å². The minimum absolute atomic E-state index is 0. The van der Waals surface area contributed by atoms with Crippen molar-refractivity contribution in [2.45, 2.75) is 0 Å². The topological polar surface area (TPSA) is 43.2 Å². The molecule has 9 heteroatoms. The largest absolute Gasteiger partial charge is 0.497 e. The van der Waals surface area contributed by atoms with Crippen LogP contribution in [0.5, 0.6) is 11.5 Å². The molecule has 0 amide bonds. The second-order valence-corrected chi connectivity index (χ2v) is 9.14. The van der Waals surface area contributed by atoms with Gasteiger partial charge in [0, 0.05) is 57.3 Å². The molecule has 0 fully saturated rings. The van der Waals surface area contributed by atoms with Crippen LogP contribution < -0.4 is 9.47 Å². The molecule has 0 heterocycles. The molecule has 5 rings (SSSR count). The molecule has 0 unspecified atom stereocenters. The number of benzene rings is 4. The number of hydrogen-bond acceptors (Lipinski definition) is 4. The van der Waals surface area contributed by atoms with Crippen LogP contribution in [0.15, 0.2) is 70.6 Å². The van der Waals surface area contributed by atoms with E-state index in [0.717, 1.165) is 21.9 Å². The Morgan fingerprint density at radius 3 is 1.31 bits per heavy atom. The van der Waals surface area contributed by atoms with Gasteiger partial charge in [-0.25, -0.2) is 9.98 Å². The fraction of sp³-hybridized carbons (Fsp3) is 0.0741. The maximum absolute atomic E-state index is 6.53.